The number of benzene rings is 1. The highest BCUT2D eigenvalue weighted by Crippen LogP contribution is 2.38. The van der Waals surface area contributed by atoms with Gasteiger partial charge in [-0.2, -0.15) is 0 Å². The fraction of sp³-hybridized carbons (Fsp3) is 0.611. The van der Waals surface area contributed by atoms with Crippen LogP contribution < -0.4 is 19.5 Å². The molecule has 24 heavy (non-hydrogen) atoms. The molecule has 1 N–H and O–H groups in total. The van der Waals surface area contributed by atoms with Crippen molar-refractivity contribution in [2.75, 3.05) is 41.0 Å². The van der Waals surface area contributed by atoms with Gasteiger partial charge in [-0.05, 0) is 49.9 Å². The van der Waals surface area contributed by atoms with Gasteiger partial charge in [-0.3, -0.25) is 4.79 Å². The summed E-state index contributed by atoms with van der Waals surface area (Å²) in [6, 6.07) is 3.85. The average Bonchev–Trinajstić information content (AvgIpc) is 2.64. The molecule has 1 aromatic carbocycles. The predicted octanol–water partition coefficient (Wildman–Crippen LogP) is 2.19. The quantitative estimate of drug-likeness (QED) is 0.579. The summed E-state index contributed by atoms with van der Waals surface area (Å²) in [5.74, 6) is 1.77. The van der Waals surface area contributed by atoms with Crippen LogP contribution in [0.5, 0.6) is 17.2 Å². The number of piperidine rings is 1. The van der Waals surface area contributed by atoms with Gasteiger partial charge in [0.2, 0.25) is 5.75 Å². The number of esters is 1. The average molecular weight is 337 g/mol. The van der Waals surface area contributed by atoms with E-state index >= 15 is 0 Å². The third-order valence-corrected chi connectivity index (χ3v) is 4.21. The number of hydrogen-bond acceptors (Lipinski definition) is 6. The minimum atomic E-state index is -0.0907. The minimum absolute atomic E-state index is 0.0000699. The molecule has 0 spiro atoms. The Balaban J connectivity index is 1.84. The van der Waals surface area contributed by atoms with Crippen molar-refractivity contribution in [1.82, 2.24) is 5.32 Å². The van der Waals surface area contributed by atoms with Crippen molar-refractivity contribution in [3.05, 3.63) is 17.7 Å². The second kappa shape index (κ2) is 9.37. The summed E-state index contributed by atoms with van der Waals surface area (Å²) in [4.78, 5) is 12.0. The molecule has 1 aliphatic heterocycles. The molecule has 1 atom stereocenters. The van der Waals surface area contributed by atoms with E-state index < -0.39 is 0 Å². The van der Waals surface area contributed by atoms with Crippen LogP contribution in [0.15, 0.2) is 12.1 Å². The van der Waals surface area contributed by atoms with Crippen LogP contribution in [0, 0.1) is 5.92 Å². The molecule has 0 aliphatic carbocycles. The van der Waals surface area contributed by atoms with Gasteiger partial charge in [0.1, 0.15) is 0 Å². The van der Waals surface area contributed by atoms with Crippen molar-refractivity contribution in [2.24, 2.45) is 5.92 Å². The van der Waals surface area contributed by atoms with Gasteiger partial charge < -0.3 is 24.3 Å². The first-order valence-corrected chi connectivity index (χ1v) is 8.35. The van der Waals surface area contributed by atoms with Crippen molar-refractivity contribution in [3.8, 4) is 17.2 Å². The number of carbonyl (C=O) groups excluding carboxylic acids is 1. The number of nitrogens with one attached hydrogen (secondary N) is 1. The number of hydrogen-bond donors (Lipinski definition) is 1. The third kappa shape index (κ3) is 4.77. The van der Waals surface area contributed by atoms with Crippen molar-refractivity contribution in [2.45, 2.75) is 25.7 Å². The first-order valence-electron chi connectivity index (χ1n) is 8.35. The van der Waals surface area contributed by atoms with Gasteiger partial charge in [-0.15, -0.1) is 0 Å². The van der Waals surface area contributed by atoms with Crippen LogP contribution >= 0.6 is 0 Å². The third-order valence-electron chi connectivity index (χ3n) is 4.21. The summed E-state index contributed by atoms with van der Waals surface area (Å²) in [5, 5.41) is 3.23. The van der Waals surface area contributed by atoms with E-state index in [2.05, 4.69) is 5.32 Å². The Morgan fingerprint density at radius 3 is 2.42 bits per heavy atom. The summed E-state index contributed by atoms with van der Waals surface area (Å²) in [6.45, 7) is 2.14. The van der Waals surface area contributed by atoms with Crippen LogP contribution in [0.25, 0.3) is 0 Å². The highest BCUT2D eigenvalue weighted by Gasteiger charge is 2.22. The predicted molar refractivity (Wildman–Crippen MR) is 91.0 cm³/mol. The largest absolute Gasteiger partial charge is 0.493 e. The Hall–Kier alpha value is -1.95. The summed E-state index contributed by atoms with van der Waals surface area (Å²) < 4.78 is 21.4. The Bertz CT molecular complexity index is 515. The molecule has 6 nitrogen and oxygen atoms in total. The molecule has 0 saturated carbocycles. The van der Waals surface area contributed by atoms with E-state index in [1.807, 2.05) is 12.1 Å². The zero-order valence-corrected chi connectivity index (χ0v) is 14.7. The molecular weight excluding hydrogens is 310 g/mol. The molecule has 0 unspecified atom stereocenters. The molecule has 0 aromatic heterocycles. The molecule has 6 heteroatoms. The molecule has 1 aromatic rings. The molecule has 0 amide bonds. The number of rotatable bonds is 8. The Labute approximate surface area is 143 Å². The van der Waals surface area contributed by atoms with Gasteiger partial charge in [-0.1, -0.05) is 0 Å². The fourth-order valence-electron chi connectivity index (χ4n) is 2.90. The number of methoxy groups -OCH3 is 3. The topological polar surface area (TPSA) is 66.0 Å². The van der Waals surface area contributed by atoms with E-state index in [-0.39, 0.29) is 11.9 Å². The monoisotopic (exact) mass is 337 g/mol. The smallest absolute Gasteiger partial charge is 0.310 e. The maximum Gasteiger partial charge on any atom is 0.310 e. The summed E-state index contributed by atoms with van der Waals surface area (Å²) in [7, 11) is 4.78. The van der Waals surface area contributed by atoms with Crippen LogP contribution in [-0.4, -0.2) is 47.0 Å². The molecule has 1 aliphatic rings. The van der Waals surface area contributed by atoms with Gasteiger partial charge in [0.05, 0.1) is 33.9 Å². The molecular formula is C18H27NO5. The maximum absolute atomic E-state index is 12.0. The van der Waals surface area contributed by atoms with Crippen LogP contribution in [0.2, 0.25) is 0 Å². The van der Waals surface area contributed by atoms with Gasteiger partial charge in [0.25, 0.3) is 0 Å². The second-order valence-corrected chi connectivity index (χ2v) is 5.85. The number of carbonyl (C=O) groups is 1. The van der Waals surface area contributed by atoms with Crippen molar-refractivity contribution in [1.29, 1.82) is 0 Å². The lowest BCUT2D eigenvalue weighted by Crippen LogP contribution is -2.35. The van der Waals surface area contributed by atoms with E-state index in [0.717, 1.165) is 44.3 Å². The van der Waals surface area contributed by atoms with Crippen LogP contribution in [0.3, 0.4) is 0 Å². The summed E-state index contributed by atoms with van der Waals surface area (Å²) >= 11 is 0. The molecule has 1 fully saturated rings. The van der Waals surface area contributed by atoms with Gasteiger partial charge in [-0.25, -0.2) is 0 Å². The number of aryl methyl sites for hydroxylation is 1. The lowest BCUT2D eigenvalue weighted by molar-refractivity contribution is -0.149. The lowest BCUT2D eigenvalue weighted by Gasteiger charge is -2.21. The van der Waals surface area contributed by atoms with Gasteiger partial charge in [0.15, 0.2) is 11.5 Å². The standard InChI is InChI=1S/C18H27NO5/c1-21-15-10-13(11-16(22-2)17(15)23-3)6-5-9-24-18(20)14-7-4-8-19-12-14/h10-11,14,19H,4-9,12H2,1-3H3/t14-/m1/s1. The maximum atomic E-state index is 12.0. The fourth-order valence-corrected chi connectivity index (χ4v) is 2.90. The normalized spacial score (nSPS) is 17.2. The molecule has 1 saturated heterocycles. The zero-order chi connectivity index (χ0) is 17.4. The van der Waals surface area contributed by atoms with E-state index in [1.54, 1.807) is 21.3 Å². The van der Waals surface area contributed by atoms with Crippen molar-refractivity contribution >= 4 is 5.97 Å². The minimum Gasteiger partial charge on any atom is -0.493 e. The molecule has 2 rings (SSSR count). The van der Waals surface area contributed by atoms with Gasteiger partial charge >= 0.3 is 5.97 Å². The van der Waals surface area contributed by atoms with E-state index in [9.17, 15) is 4.79 Å². The van der Waals surface area contributed by atoms with Crippen molar-refractivity contribution < 1.29 is 23.7 Å². The molecule has 0 bridgehead atoms. The van der Waals surface area contributed by atoms with Gasteiger partial charge in [0, 0.05) is 6.54 Å². The SMILES string of the molecule is COc1cc(CCCOC(=O)[C@@H]2CCCNC2)cc(OC)c1OC. The summed E-state index contributed by atoms with van der Waals surface area (Å²) in [6.07, 6.45) is 3.47. The number of ether oxygens (including phenoxy) is 4. The molecule has 0 radical (unpaired) electrons. The Morgan fingerprint density at radius 1 is 1.17 bits per heavy atom. The highest BCUT2D eigenvalue weighted by molar-refractivity contribution is 5.72. The zero-order valence-electron chi connectivity index (χ0n) is 14.7. The molecule has 134 valence electrons. The van der Waals surface area contributed by atoms with E-state index in [0.29, 0.717) is 23.9 Å². The lowest BCUT2D eigenvalue weighted by atomic mass is 10.0. The first kappa shape index (κ1) is 18.4. The Kier molecular flexibility index (Phi) is 7.18. The van der Waals surface area contributed by atoms with Crippen LogP contribution in [0.1, 0.15) is 24.8 Å². The second-order valence-electron chi connectivity index (χ2n) is 5.85. The van der Waals surface area contributed by atoms with E-state index in [1.165, 1.54) is 0 Å². The Morgan fingerprint density at radius 2 is 1.88 bits per heavy atom. The highest BCUT2D eigenvalue weighted by atomic mass is 16.5. The van der Waals surface area contributed by atoms with Crippen molar-refractivity contribution in [3.63, 3.8) is 0 Å². The molecule has 1 heterocycles. The van der Waals surface area contributed by atoms with E-state index in [4.69, 9.17) is 18.9 Å². The van der Waals surface area contributed by atoms with Crippen LogP contribution in [-0.2, 0) is 16.0 Å². The summed E-state index contributed by atoms with van der Waals surface area (Å²) in [5.41, 5.74) is 1.06. The van der Waals surface area contributed by atoms with Crippen LogP contribution in [0.4, 0.5) is 0 Å². The first-order chi connectivity index (χ1) is 11.7.